The molecule has 7 nitrogen and oxygen atoms in total. The molecule has 1 fully saturated rings. The fourth-order valence-corrected chi connectivity index (χ4v) is 2.79. The van der Waals surface area contributed by atoms with Crippen LogP contribution >= 0.6 is 11.6 Å². The first kappa shape index (κ1) is 18.5. The summed E-state index contributed by atoms with van der Waals surface area (Å²) in [6.07, 6.45) is 0. The van der Waals surface area contributed by atoms with Gasteiger partial charge in [-0.25, -0.2) is 4.79 Å². The standard InChI is InChI=1S/C16H23ClN4O3/c1-24-11-6-18-16(23)19-15(22)12-20-7-9-21(10-8-20)14-5-3-2-4-13(14)17/h2-5H,6-12H2,1H3,(H2,18,19,22,23). The van der Waals surface area contributed by atoms with Gasteiger partial charge in [-0.3, -0.25) is 15.0 Å². The molecule has 132 valence electrons. The van der Waals surface area contributed by atoms with Crippen LogP contribution < -0.4 is 15.5 Å². The number of urea groups is 1. The van der Waals surface area contributed by atoms with Crippen LogP contribution in [0.5, 0.6) is 0 Å². The van der Waals surface area contributed by atoms with Gasteiger partial charge in [0.1, 0.15) is 0 Å². The van der Waals surface area contributed by atoms with Crippen molar-refractivity contribution in [2.24, 2.45) is 0 Å². The predicted octanol–water partition coefficient (Wildman–Crippen LogP) is 0.934. The van der Waals surface area contributed by atoms with E-state index >= 15 is 0 Å². The van der Waals surface area contributed by atoms with Crippen LogP contribution in [-0.2, 0) is 9.53 Å². The fourth-order valence-electron chi connectivity index (χ4n) is 2.54. The van der Waals surface area contributed by atoms with E-state index in [4.69, 9.17) is 16.3 Å². The average molecular weight is 355 g/mol. The summed E-state index contributed by atoms with van der Waals surface area (Å²) < 4.78 is 4.82. The van der Waals surface area contributed by atoms with Crippen molar-refractivity contribution in [2.45, 2.75) is 0 Å². The zero-order valence-corrected chi connectivity index (χ0v) is 14.5. The quantitative estimate of drug-likeness (QED) is 0.744. The molecule has 1 aliphatic rings. The van der Waals surface area contributed by atoms with Crippen LogP contribution in [0.3, 0.4) is 0 Å². The van der Waals surface area contributed by atoms with E-state index in [1.807, 2.05) is 29.2 Å². The van der Waals surface area contributed by atoms with Crippen molar-refractivity contribution in [3.63, 3.8) is 0 Å². The SMILES string of the molecule is COCCNC(=O)NC(=O)CN1CCN(c2ccccc2Cl)CC1. The van der Waals surface area contributed by atoms with Crippen LogP contribution in [0, 0.1) is 0 Å². The molecular weight excluding hydrogens is 332 g/mol. The maximum absolute atomic E-state index is 11.9. The molecule has 2 rings (SSSR count). The molecule has 8 heteroatoms. The van der Waals surface area contributed by atoms with Gasteiger partial charge in [0.15, 0.2) is 0 Å². The van der Waals surface area contributed by atoms with Crippen LogP contribution in [0.1, 0.15) is 0 Å². The smallest absolute Gasteiger partial charge is 0.321 e. The predicted molar refractivity (Wildman–Crippen MR) is 93.5 cm³/mol. The molecule has 2 N–H and O–H groups in total. The minimum Gasteiger partial charge on any atom is -0.383 e. The number of carbonyl (C=O) groups excluding carboxylic acids is 2. The van der Waals surface area contributed by atoms with Gasteiger partial charge in [0.2, 0.25) is 5.91 Å². The van der Waals surface area contributed by atoms with Crippen LogP contribution in [0.15, 0.2) is 24.3 Å². The molecule has 0 bridgehead atoms. The number of imide groups is 1. The molecule has 3 amide bonds. The fraction of sp³-hybridized carbons (Fsp3) is 0.500. The van der Waals surface area contributed by atoms with Gasteiger partial charge in [-0.15, -0.1) is 0 Å². The van der Waals surface area contributed by atoms with E-state index in [1.165, 1.54) is 0 Å². The third-order valence-electron chi connectivity index (χ3n) is 3.78. The number of halogens is 1. The lowest BCUT2D eigenvalue weighted by Crippen LogP contribution is -2.51. The first-order chi connectivity index (χ1) is 11.6. The largest absolute Gasteiger partial charge is 0.383 e. The minimum absolute atomic E-state index is 0.202. The Bertz CT molecular complexity index is 562. The number of piperazine rings is 1. The van der Waals surface area contributed by atoms with E-state index in [9.17, 15) is 9.59 Å². The van der Waals surface area contributed by atoms with Crippen molar-refractivity contribution >= 4 is 29.2 Å². The number of amides is 3. The molecular formula is C16H23ClN4O3. The highest BCUT2D eigenvalue weighted by atomic mass is 35.5. The zero-order valence-electron chi connectivity index (χ0n) is 13.8. The number of hydrogen-bond donors (Lipinski definition) is 2. The van der Waals surface area contributed by atoms with Gasteiger partial charge < -0.3 is 15.0 Å². The Kier molecular flexibility index (Phi) is 7.30. The van der Waals surface area contributed by atoms with Crippen LogP contribution in [-0.4, -0.2) is 69.8 Å². The lowest BCUT2D eigenvalue weighted by molar-refractivity contribution is -0.121. The number of rotatable bonds is 6. The summed E-state index contributed by atoms with van der Waals surface area (Å²) in [6, 6.07) is 7.24. The van der Waals surface area contributed by atoms with E-state index in [0.29, 0.717) is 13.2 Å². The molecule has 0 aliphatic carbocycles. The molecule has 1 saturated heterocycles. The van der Waals surface area contributed by atoms with Gasteiger partial charge in [-0.05, 0) is 12.1 Å². The van der Waals surface area contributed by atoms with Gasteiger partial charge in [0.05, 0.1) is 23.9 Å². The Morgan fingerprint density at radius 2 is 1.92 bits per heavy atom. The van der Waals surface area contributed by atoms with Crippen molar-refractivity contribution in [3.05, 3.63) is 29.3 Å². The number of nitrogens with one attached hydrogen (secondary N) is 2. The van der Waals surface area contributed by atoms with Gasteiger partial charge in [0, 0.05) is 39.8 Å². The van der Waals surface area contributed by atoms with Crippen molar-refractivity contribution in [3.8, 4) is 0 Å². The number of anilines is 1. The van der Waals surface area contributed by atoms with Crippen molar-refractivity contribution in [2.75, 3.05) is 57.9 Å². The first-order valence-electron chi connectivity index (χ1n) is 7.88. The Balaban J connectivity index is 1.72. The van der Waals surface area contributed by atoms with Crippen molar-refractivity contribution in [1.82, 2.24) is 15.5 Å². The first-order valence-corrected chi connectivity index (χ1v) is 8.26. The summed E-state index contributed by atoms with van der Waals surface area (Å²) in [6.45, 7) is 4.04. The average Bonchev–Trinajstić information content (AvgIpc) is 2.56. The molecule has 0 atom stereocenters. The minimum atomic E-state index is -0.494. The van der Waals surface area contributed by atoms with E-state index in [2.05, 4.69) is 15.5 Å². The summed E-state index contributed by atoms with van der Waals surface area (Å²) in [5.41, 5.74) is 1.01. The second kappa shape index (κ2) is 9.46. The third-order valence-corrected chi connectivity index (χ3v) is 4.10. The van der Waals surface area contributed by atoms with E-state index in [1.54, 1.807) is 7.11 Å². The molecule has 0 spiro atoms. The molecule has 24 heavy (non-hydrogen) atoms. The second-order valence-electron chi connectivity index (χ2n) is 5.51. The molecule has 0 unspecified atom stereocenters. The molecule has 1 aliphatic heterocycles. The normalized spacial score (nSPS) is 15.2. The van der Waals surface area contributed by atoms with E-state index < -0.39 is 6.03 Å². The Hall–Kier alpha value is -1.83. The summed E-state index contributed by atoms with van der Waals surface area (Å²) in [7, 11) is 1.55. The maximum atomic E-state index is 11.9. The Morgan fingerprint density at radius 3 is 2.58 bits per heavy atom. The summed E-state index contributed by atoms with van der Waals surface area (Å²) in [5.74, 6) is -0.309. The number of nitrogens with zero attached hydrogens (tertiary/aromatic N) is 2. The molecule has 1 aromatic carbocycles. The maximum Gasteiger partial charge on any atom is 0.321 e. The van der Waals surface area contributed by atoms with E-state index in [-0.39, 0.29) is 12.5 Å². The lowest BCUT2D eigenvalue weighted by Gasteiger charge is -2.36. The van der Waals surface area contributed by atoms with Gasteiger partial charge in [0.25, 0.3) is 0 Å². The van der Waals surface area contributed by atoms with Crippen LogP contribution in [0.25, 0.3) is 0 Å². The topological polar surface area (TPSA) is 73.9 Å². The number of para-hydroxylation sites is 1. The number of benzene rings is 1. The molecule has 0 saturated carbocycles. The number of ether oxygens (including phenoxy) is 1. The van der Waals surface area contributed by atoms with Gasteiger partial charge >= 0.3 is 6.03 Å². The highest BCUT2D eigenvalue weighted by molar-refractivity contribution is 6.33. The molecule has 1 heterocycles. The molecule has 0 aromatic heterocycles. The monoisotopic (exact) mass is 354 g/mol. The molecule has 0 radical (unpaired) electrons. The zero-order chi connectivity index (χ0) is 17.4. The Labute approximate surface area is 146 Å². The van der Waals surface area contributed by atoms with Crippen LogP contribution in [0.4, 0.5) is 10.5 Å². The van der Waals surface area contributed by atoms with Gasteiger partial charge in [-0.2, -0.15) is 0 Å². The number of methoxy groups -OCH3 is 1. The summed E-state index contributed by atoms with van der Waals surface area (Å²) in [4.78, 5) is 27.6. The van der Waals surface area contributed by atoms with Crippen molar-refractivity contribution in [1.29, 1.82) is 0 Å². The van der Waals surface area contributed by atoms with Crippen LogP contribution in [0.2, 0.25) is 5.02 Å². The summed E-state index contributed by atoms with van der Waals surface area (Å²) in [5, 5.41) is 5.60. The van der Waals surface area contributed by atoms with Crippen molar-refractivity contribution < 1.29 is 14.3 Å². The highest BCUT2D eigenvalue weighted by Gasteiger charge is 2.21. The number of carbonyl (C=O) groups is 2. The Morgan fingerprint density at radius 1 is 1.21 bits per heavy atom. The van der Waals surface area contributed by atoms with E-state index in [0.717, 1.165) is 36.9 Å². The highest BCUT2D eigenvalue weighted by Crippen LogP contribution is 2.25. The lowest BCUT2D eigenvalue weighted by atomic mass is 10.2. The number of hydrogen-bond acceptors (Lipinski definition) is 5. The summed E-state index contributed by atoms with van der Waals surface area (Å²) >= 11 is 6.21. The second-order valence-corrected chi connectivity index (χ2v) is 5.92. The molecule has 1 aromatic rings. The van der Waals surface area contributed by atoms with Gasteiger partial charge in [-0.1, -0.05) is 23.7 Å². The third kappa shape index (κ3) is 5.67.